The van der Waals surface area contributed by atoms with E-state index < -0.39 is 0 Å². The Labute approximate surface area is 158 Å². The van der Waals surface area contributed by atoms with E-state index in [1.807, 2.05) is 54.3 Å². The molecule has 1 saturated heterocycles. The number of amides is 1. The summed E-state index contributed by atoms with van der Waals surface area (Å²) in [6, 6.07) is 19.9. The van der Waals surface area contributed by atoms with Crippen molar-refractivity contribution in [2.24, 2.45) is 0 Å². The Morgan fingerprint density at radius 2 is 1.78 bits per heavy atom. The molecule has 0 aliphatic carbocycles. The molecule has 3 nitrogen and oxygen atoms in total. The predicted octanol–water partition coefficient (Wildman–Crippen LogP) is 5.17. The van der Waals surface area contributed by atoms with Crippen LogP contribution in [0.1, 0.15) is 40.6 Å². The Hall–Kier alpha value is -3.01. The second kappa shape index (κ2) is 7.31. The van der Waals surface area contributed by atoms with Gasteiger partial charge in [0.15, 0.2) is 0 Å². The van der Waals surface area contributed by atoms with Gasteiger partial charge in [-0.2, -0.15) is 0 Å². The van der Waals surface area contributed by atoms with Crippen LogP contribution in [0.15, 0.2) is 66.7 Å². The van der Waals surface area contributed by atoms with Gasteiger partial charge in [-0.15, -0.1) is 0 Å². The zero-order valence-corrected chi connectivity index (χ0v) is 15.2. The molecule has 0 N–H and O–H groups in total. The average Bonchev–Trinajstić information content (AvgIpc) is 3.18. The minimum absolute atomic E-state index is 0.0307. The van der Waals surface area contributed by atoms with Crippen molar-refractivity contribution in [1.82, 2.24) is 9.88 Å². The molecule has 1 amide bonds. The fourth-order valence-electron chi connectivity index (χ4n) is 3.74. The minimum Gasteiger partial charge on any atom is -0.330 e. The summed E-state index contributed by atoms with van der Waals surface area (Å²) in [6.07, 6.45) is 1.86. The van der Waals surface area contributed by atoms with Crippen molar-refractivity contribution in [2.75, 3.05) is 6.54 Å². The maximum absolute atomic E-state index is 13.3. The number of carbonyl (C=O) groups excluding carboxylic acids is 1. The summed E-state index contributed by atoms with van der Waals surface area (Å²) in [5.41, 5.74) is 4.44. The van der Waals surface area contributed by atoms with Gasteiger partial charge in [0, 0.05) is 17.8 Å². The fraction of sp³-hybridized carbons (Fsp3) is 0.217. The van der Waals surface area contributed by atoms with Crippen LogP contribution in [0.2, 0.25) is 0 Å². The number of hydrogen-bond acceptors (Lipinski definition) is 2. The number of hydrogen-bond donors (Lipinski definition) is 0. The number of likely N-dealkylation sites (tertiary alicyclic amines) is 1. The number of rotatable bonds is 3. The Kier molecular flexibility index (Phi) is 4.71. The van der Waals surface area contributed by atoms with E-state index in [-0.39, 0.29) is 17.8 Å². The first-order chi connectivity index (χ1) is 13.1. The standard InChI is InChI=1S/C23H21FN2O/c1-16-14-19(17-9-11-20(24)12-10-17)15-21(25-16)22-8-5-13-26(22)23(27)18-6-3-2-4-7-18/h2-4,6-7,9-12,14-15,22H,5,8,13H2,1H3. The molecule has 0 saturated carbocycles. The van der Waals surface area contributed by atoms with Crippen molar-refractivity contribution in [3.05, 3.63) is 89.5 Å². The topological polar surface area (TPSA) is 33.2 Å². The molecule has 27 heavy (non-hydrogen) atoms. The number of benzene rings is 2. The van der Waals surface area contributed by atoms with Gasteiger partial charge in [-0.25, -0.2) is 4.39 Å². The van der Waals surface area contributed by atoms with E-state index in [2.05, 4.69) is 0 Å². The SMILES string of the molecule is Cc1cc(-c2ccc(F)cc2)cc(C2CCCN2C(=O)c2ccccc2)n1. The van der Waals surface area contributed by atoms with Crippen molar-refractivity contribution >= 4 is 5.91 Å². The largest absolute Gasteiger partial charge is 0.330 e. The number of pyridine rings is 1. The summed E-state index contributed by atoms with van der Waals surface area (Å²) >= 11 is 0. The molecule has 0 bridgehead atoms. The molecule has 1 aliphatic heterocycles. The summed E-state index contributed by atoms with van der Waals surface area (Å²) < 4.78 is 13.3. The lowest BCUT2D eigenvalue weighted by Gasteiger charge is -2.25. The van der Waals surface area contributed by atoms with Gasteiger partial charge in [0.05, 0.1) is 11.7 Å². The second-order valence-electron chi connectivity index (χ2n) is 6.95. The van der Waals surface area contributed by atoms with Gasteiger partial charge in [-0.3, -0.25) is 9.78 Å². The molecular formula is C23H21FN2O. The van der Waals surface area contributed by atoms with Crippen LogP contribution in [0.25, 0.3) is 11.1 Å². The Morgan fingerprint density at radius 1 is 1.04 bits per heavy atom. The first kappa shape index (κ1) is 17.4. The van der Waals surface area contributed by atoms with E-state index in [4.69, 9.17) is 4.98 Å². The first-order valence-electron chi connectivity index (χ1n) is 9.22. The summed E-state index contributed by atoms with van der Waals surface area (Å²) in [5, 5.41) is 0. The number of halogens is 1. The molecule has 2 aromatic carbocycles. The van der Waals surface area contributed by atoms with Gasteiger partial charge < -0.3 is 4.90 Å². The third-order valence-corrected chi connectivity index (χ3v) is 5.03. The molecule has 136 valence electrons. The maximum atomic E-state index is 13.3. The monoisotopic (exact) mass is 360 g/mol. The quantitative estimate of drug-likeness (QED) is 0.645. The van der Waals surface area contributed by atoms with Crippen LogP contribution in [0.3, 0.4) is 0 Å². The van der Waals surface area contributed by atoms with E-state index in [0.717, 1.165) is 41.9 Å². The number of aromatic nitrogens is 1. The van der Waals surface area contributed by atoms with Crippen molar-refractivity contribution < 1.29 is 9.18 Å². The van der Waals surface area contributed by atoms with Crippen LogP contribution in [0.4, 0.5) is 4.39 Å². The highest BCUT2D eigenvalue weighted by Crippen LogP contribution is 2.34. The van der Waals surface area contributed by atoms with Gasteiger partial charge in [-0.05, 0) is 67.3 Å². The van der Waals surface area contributed by atoms with Crippen LogP contribution in [-0.4, -0.2) is 22.3 Å². The van der Waals surface area contributed by atoms with Gasteiger partial charge >= 0.3 is 0 Å². The van der Waals surface area contributed by atoms with Crippen LogP contribution < -0.4 is 0 Å². The van der Waals surface area contributed by atoms with E-state index >= 15 is 0 Å². The highest BCUT2D eigenvalue weighted by Gasteiger charge is 2.31. The first-order valence-corrected chi connectivity index (χ1v) is 9.22. The highest BCUT2D eigenvalue weighted by molar-refractivity contribution is 5.94. The van der Waals surface area contributed by atoms with Crippen LogP contribution in [0, 0.1) is 12.7 Å². The number of aryl methyl sites for hydroxylation is 1. The second-order valence-corrected chi connectivity index (χ2v) is 6.95. The predicted molar refractivity (Wildman–Crippen MR) is 104 cm³/mol. The molecule has 1 atom stereocenters. The summed E-state index contributed by atoms with van der Waals surface area (Å²) in [7, 11) is 0. The van der Waals surface area contributed by atoms with Gasteiger partial charge in [0.25, 0.3) is 5.91 Å². The highest BCUT2D eigenvalue weighted by atomic mass is 19.1. The van der Waals surface area contributed by atoms with Gasteiger partial charge in [0.1, 0.15) is 5.82 Å². The summed E-state index contributed by atoms with van der Waals surface area (Å²) in [4.78, 5) is 19.6. The Balaban J connectivity index is 1.68. The molecule has 1 aliphatic rings. The molecule has 4 rings (SSSR count). The minimum atomic E-state index is -0.250. The van der Waals surface area contributed by atoms with E-state index in [0.29, 0.717) is 5.56 Å². The van der Waals surface area contributed by atoms with Crippen molar-refractivity contribution in [1.29, 1.82) is 0 Å². The lowest BCUT2D eigenvalue weighted by atomic mass is 10.0. The van der Waals surface area contributed by atoms with Crippen molar-refractivity contribution in [3.8, 4) is 11.1 Å². The van der Waals surface area contributed by atoms with Crippen molar-refractivity contribution in [3.63, 3.8) is 0 Å². The van der Waals surface area contributed by atoms with Crippen LogP contribution in [-0.2, 0) is 0 Å². The number of carbonyl (C=O) groups is 1. The zero-order chi connectivity index (χ0) is 18.8. The Morgan fingerprint density at radius 3 is 2.52 bits per heavy atom. The molecular weight excluding hydrogens is 339 g/mol. The maximum Gasteiger partial charge on any atom is 0.254 e. The summed E-state index contributed by atoms with van der Waals surface area (Å²) in [5.74, 6) is -0.204. The Bertz CT molecular complexity index is 954. The molecule has 1 unspecified atom stereocenters. The lowest BCUT2D eigenvalue weighted by Crippen LogP contribution is -2.31. The van der Waals surface area contributed by atoms with Gasteiger partial charge in [-0.1, -0.05) is 30.3 Å². The van der Waals surface area contributed by atoms with Gasteiger partial charge in [0.2, 0.25) is 0 Å². The molecule has 4 heteroatoms. The van der Waals surface area contributed by atoms with Crippen LogP contribution >= 0.6 is 0 Å². The fourth-order valence-corrected chi connectivity index (χ4v) is 3.74. The molecule has 0 spiro atoms. The average molecular weight is 360 g/mol. The zero-order valence-electron chi connectivity index (χ0n) is 15.2. The molecule has 1 fully saturated rings. The summed E-state index contributed by atoms with van der Waals surface area (Å²) in [6.45, 7) is 2.69. The normalized spacial score (nSPS) is 16.5. The molecule has 2 heterocycles. The molecule has 3 aromatic rings. The number of nitrogens with zero attached hydrogens (tertiary/aromatic N) is 2. The van der Waals surface area contributed by atoms with Crippen LogP contribution in [0.5, 0.6) is 0 Å². The van der Waals surface area contributed by atoms with E-state index in [1.54, 1.807) is 12.1 Å². The molecule has 1 aromatic heterocycles. The smallest absolute Gasteiger partial charge is 0.254 e. The third kappa shape index (κ3) is 3.61. The third-order valence-electron chi connectivity index (χ3n) is 5.03. The van der Waals surface area contributed by atoms with Crippen molar-refractivity contribution in [2.45, 2.75) is 25.8 Å². The van der Waals surface area contributed by atoms with E-state index in [1.165, 1.54) is 12.1 Å². The lowest BCUT2D eigenvalue weighted by molar-refractivity contribution is 0.0733. The molecule has 0 radical (unpaired) electrons. The van der Waals surface area contributed by atoms with E-state index in [9.17, 15) is 9.18 Å².